The van der Waals surface area contributed by atoms with E-state index in [4.69, 9.17) is 22.4 Å². The number of rotatable bonds is 6. The van der Waals surface area contributed by atoms with Gasteiger partial charge in [-0.05, 0) is 25.1 Å². The lowest BCUT2D eigenvalue weighted by atomic mass is 10.1. The number of benzene rings is 1. The van der Waals surface area contributed by atoms with Crippen molar-refractivity contribution in [3.8, 4) is 0 Å². The smallest absolute Gasteiger partial charge is 0.0471 e. The van der Waals surface area contributed by atoms with Gasteiger partial charge in [0.05, 0.1) is 0 Å². The van der Waals surface area contributed by atoms with Crippen LogP contribution in [0.25, 0.3) is 0 Å². The summed E-state index contributed by atoms with van der Waals surface area (Å²) in [6, 6.07) is 5.57. The summed E-state index contributed by atoms with van der Waals surface area (Å²) in [5, 5.41) is 9.52. The second-order valence-corrected chi connectivity index (χ2v) is 4.16. The van der Waals surface area contributed by atoms with Gasteiger partial charge in [-0.15, -0.1) is 0 Å². The maximum Gasteiger partial charge on any atom is 0.0471 e. The van der Waals surface area contributed by atoms with Crippen LogP contribution in [0.5, 0.6) is 0 Å². The van der Waals surface area contributed by atoms with E-state index >= 15 is 0 Å². The largest absolute Gasteiger partial charge is 0.398 e. The number of nitrogens with two attached hydrogens (primary N) is 1. The standard InChI is InChI=1S/C12H19ClN2O/c1-2-15(7-4-8-16)9-10-11(13)5-3-6-12(10)14/h3,5-6,16H,2,4,7-9,14H2,1H3. The van der Waals surface area contributed by atoms with Gasteiger partial charge in [-0.1, -0.05) is 24.6 Å². The normalized spacial score (nSPS) is 11.0. The molecule has 0 aliphatic carbocycles. The van der Waals surface area contributed by atoms with E-state index in [2.05, 4.69) is 11.8 Å². The van der Waals surface area contributed by atoms with Gasteiger partial charge in [-0.3, -0.25) is 4.90 Å². The zero-order chi connectivity index (χ0) is 12.0. The van der Waals surface area contributed by atoms with Crippen LogP contribution in [0.4, 0.5) is 5.69 Å². The summed E-state index contributed by atoms with van der Waals surface area (Å²) < 4.78 is 0. The molecular weight excluding hydrogens is 224 g/mol. The van der Waals surface area contributed by atoms with Crippen LogP contribution in [0, 0.1) is 0 Å². The lowest BCUT2D eigenvalue weighted by Crippen LogP contribution is -2.25. The molecule has 3 nitrogen and oxygen atoms in total. The maximum atomic E-state index is 8.81. The van der Waals surface area contributed by atoms with Crippen molar-refractivity contribution in [3.63, 3.8) is 0 Å². The maximum absolute atomic E-state index is 8.81. The molecule has 16 heavy (non-hydrogen) atoms. The van der Waals surface area contributed by atoms with E-state index in [0.29, 0.717) is 5.02 Å². The van der Waals surface area contributed by atoms with Crippen LogP contribution in [0.2, 0.25) is 5.02 Å². The number of halogens is 1. The van der Waals surface area contributed by atoms with Gasteiger partial charge in [-0.2, -0.15) is 0 Å². The van der Waals surface area contributed by atoms with E-state index < -0.39 is 0 Å². The molecular formula is C12H19ClN2O. The van der Waals surface area contributed by atoms with E-state index in [1.165, 1.54) is 0 Å². The quantitative estimate of drug-likeness (QED) is 0.752. The minimum Gasteiger partial charge on any atom is -0.398 e. The summed E-state index contributed by atoms with van der Waals surface area (Å²) in [4.78, 5) is 2.22. The highest BCUT2D eigenvalue weighted by molar-refractivity contribution is 6.31. The zero-order valence-corrected chi connectivity index (χ0v) is 10.4. The first-order valence-electron chi connectivity index (χ1n) is 5.55. The average Bonchev–Trinajstić information content (AvgIpc) is 2.28. The summed E-state index contributed by atoms with van der Waals surface area (Å²) in [5.74, 6) is 0. The molecule has 90 valence electrons. The molecule has 1 aromatic carbocycles. The van der Waals surface area contributed by atoms with Crippen LogP contribution in [-0.4, -0.2) is 29.7 Å². The highest BCUT2D eigenvalue weighted by Gasteiger charge is 2.09. The van der Waals surface area contributed by atoms with Crippen molar-refractivity contribution in [2.45, 2.75) is 19.9 Å². The van der Waals surface area contributed by atoms with Crippen molar-refractivity contribution in [1.82, 2.24) is 4.90 Å². The number of aliphatic hydroxyl groups excluding tert-OH is 1. The molecule has 0 fully saturated rings. The Kier molecular flexibility index (Phi) is 5.60. The number of nitrogens with zero attached hydrogens (tertiary/aromatic N) is 1. The topological polar surface area (TPSA) is 49.5 Å². The van der Waals surface area contributed by atoms with Gasteiger partial charge < -0.3 is 10.8 Å². The summed E-state index contributed by atoms with van der Waals surface area (Å²) >= 11 is 6.11. The molecule has 1 rings (SSSR count). The molecule has 0 aromatic heterocycles. The fourth-order valence-electron chi connectivity index (χ4n) is 1.61. The molecule has 0 bridgehead atoms. The number of nitrogen functional groups attached to an aromatic ring is 1. The predicted molar refractivity (Wildman–Crippen MR) is 68.5 cm³/mol. The van der Waals surface area contributed by atoms with Crippen LogP contribution < -0.4 is 5.73 Å². The van der Waals surface area contributed by atoms with Crippen molar-refractivity contribution in [2.75, 3.05) is 25.4 Å². The average molecular weight is 243 g/mol. The van der Waals surface area contributed by atoms with E-state index in [1.54, 1.807) is 0 Å². The Morgan fingerprint density at radius 2 is 2.19 bits per heavy atom. The SMILES string of the molecule is CCN(CCCO)Cc1c(N)cccc1Cl. The summed E-state index contributed by atoms with van der Waals surface area (Å²) in [7, 11) is 0. The lowest BCUT2D eigenvalue weighted by Gasteiger charge is -2.21. The Hall–Kier alpha value is -0.770. The monoisotopic (exact) mass is 242 g/mol. The molecule has 0 saturated carbocycles. The minimum absolute atomic E-state index is 0.217. The van der Waals surface area contributed by atoms with Crippen molar-refractivity contribution in [2.24, 2.45) is 0 Å². The van der Waals surface area contributed by atoms with Crippen molar-refractivity contribution in [1.29, 1.82) is 0 Å². The van der Waals surface area contributed by atoms with E-state index in [1.807, 2.05) is 18.2 Å². The molecule has 0 amide bonds. The van der Waals surface area contributed by atoms with Crippen molar-refractivity contribution < 1.29 is 5.11 Å². The van der Waals surface area contributed by atoms with Crippen molar-refractivity contribution >= 4 is 17.3 Å². The molecule has 0 aliphatic rings. The third-order valence-electron chi connectivity index (χ3n) is 2.62. The van der Waals surface area contributed by atoms with Gasteiger partial charge in [0, 0.05) is 36.0 Å². The molecule has 0 saturated heterocycles. The molecule has 3 N–H and O–H groups in total. The Bertz CT molecular complexity index is 311. The molecule has 0 unspecified atom stereocenters. The number of hydrogen-bond donors (Lipinski definition) is 2. The van der Waals surface area contributed by atoms with Crippen LogP contribution in [0.15, 0.2) is 18.2 Å². The third kappa shape index (κ3) is 3.67. The molecule has 4 heteroatoms. The first-order chi connectivity index (χ1) is 7.69. The highest BCUT2D eigenvalue weighted by atomic mass is 35.5. The van der Waals surface area contributed by atoms with E-state index in [0.717, 1.165) is 37.3 Å². The second-order valence-electron chi connectivity index (χ2n) is 3.75. The van der Waals surface area contributed by atoms with Crippen LogP contribution in [0.1, 0.15) is 18.9 Å². The van der Waals surface area contributed by atoms with E-state index in [-0.39, 0.29) is 6.61 Å². The van der Waals surface area contributed by atoms with E-state index in [9.17, 15) is 0 Å². The molecule has 0 radical (unpaired) electrons. The Morgan fingerprint density at radius 1 is 1.44 bits per heavy atom. The third-order valence-corrected chi connectivity index (χ3v) is 2.97. The molecule has 0 aliphatic heterocycles. The summed E-state index contributed by atoms with van der Waals surface area (Å²) in [5.41, 5.74) is 7.60. The molecule has 0 spiro atoms. The second kappa shape index (κ2) is 6.74. The Balaban J connectivity index is 2.69. The number of hydrogen-bond acceptors (Lipinski definition) is 3. The van der Waals surface area contributed by atoms with Gasteiger partial charge in [0.1, 0.15) is 0 Å². The predicted octanol–water partition coefficient (Wildman–Crippen LogP) is 2.13. The molecule has 1 aromatic rings. The molecule has 0 heterocycles. The highest BCUT2D eigenvalue weighted by Crippen LogP contribution is 2.23. The van der Waals surface area contributed by atoms with Crippen LogP contribution in [-0.2, 0) is 6.54 Å². The lowest BCUT2D eigenvalue weighted by molar-refractivity contribution is 0.225. The zero-order valence-electron chi connectivity index (χ0n) is 9.62. The summed E-state index contributed by atoms with van der Waals surface area (Å²) in [6.07, 6.45) is 0.776. The Labute approximate surface area is 102 Å². The minimum atomic E-state index is 0.217. The fraction of sp³-hybridized carbons (Fsp3) is 0.500. The van der Waals surface area contributed by atoms with Gasteiger partial charge >= 0.3 is 0 Å². The van der Waals surface area contributed by atoms with Crippen molar-refractivity contribution in [3.05, 3.63) is 28.8 Å². The van der Waals surface area contributed by atoms with Crippen LogP contribution in [0.3, 0.4) is 0 Å². The van der Waals surface area contributed by atoms with Gasteiger partial charge in [0.15, 0.2) is 0 Å². The van der Waals surface area contributed by atoms with Gasteiger partial charge in [-0.25, -0.2) is 0 Å². The first-order valence-corrected chi connectivity index (χ1v) is 5.93. The van der Waals surface area contributed by atoms with Gasteiger partial charge in [0.2, 0.25) is 0 Å². The first kappa shape index (κ1) is 13.3. The van der Waals surface area contributed by atoms with Crippen LogP contribution >= 0.6 is 11.6 Å². The summed E-state index contributed by atoms with van der Waals surface area (Å²) in [6.45, 7) is 4.82. The molecule has 0 atom stereocenters. The number of anilines is 1. The fourth-order valence-corrected chi connectivity index (χ4v) is 1.85. The van der Waals surface area contributed by atoms with Gasteiger partial charge in [0.25, 0.3) is 0 Å². The Morgan fingerprint density at radius 3 is 2.75 bits per heavy atom. The number of aliphatic hydroxyl groups is 1.